The van der Waals surface area contributed by atoms with Crippen LogP contribution in [0.1, 0.15) is 25.3 Å². The Bertz CT molecular complexity index is 443. The summed E-state index contributed by atoms with van der Waals surface area (Å²) in [5.74, 6) is -2.41. The molecule has 17 heavy (non-hydrogen) atoms. The number of hydrogen-bond donors (Lipinski definition) is 2. The molecule has 0 aromatic heterocycles. The highest BCUT2D eigenvalue weighted by Crippen LogP contribution is 2.43. The molecule has 1 fully saturated rings. The molecule has 2 N–H and O–H groups in total. The number of rotatable bonds is 2. The van der Waals surface area contributed by atoms with E-state index in [4.69, 9.17) is 4.74 Å². The normalized spacial score (nSPS) is 24.0. The van der Waals surface area contributed by atoms with Gasteiger partial charge < -0.3 is 15.2 Å². The summed E-state index contributed by atoms with van der Waals surface area (Å²) in [5, 5.41) is 13.1. The van der Waals surface area contributed by atoms with Crippen LogP contribution in [0.2, 0.25) is 0 Å². The summed E-state index contributed by atoms with van der Waals surface area (Å²) in [4.78, 5) is 0. The second-order valence-electron chi connectivity index (χ2n) is 4.46. The van der Waals surface area contributed by atoms with Gasteiger partial charge in [-0.15, -0.1) is 0 Å². The predicted molar refractivity (Wildman–Crippen MR) is 59.2 cm³/mol. The van der Waals surface area contributed by atoms with E-state index >= 15 is 0 Å². The quantitative estimate of drug-likeness (QED) is 0.837. The molecule has 94 valence electrons. The SMILES string of the molecule is COc1c(F)cc(F)c(C2(C)CCCN2)c1O. The second-order valence-corrected chi connectivity index (χ2v) is 4.46. The molecule has 1 saturated heterocycles. The largest absolute Gasteiger partial charge is 0.504 e. The van der Waals surface area contributed by atoms with Crippen molar-refractivity contribution in [2.24, 2.45) is 0 Å². The Labute approximate surface area is 98.4 Å². The van der Waals surface area contributed by atoms with Crippen LogP contribution in [0.25, 0.3) is 0 Å². The van der Waals surface area contributed by atoms with E-state index in [1.54, 1.807) is 6.92 Å². The molecular weight excluding hydrogens is 228 g/mol. The predicted octanol–water partition coefficient (Wildman–Crippen LogP) is 2.28. The zero-order chi connectivity index (χ0) is 12.6. The zero-order valence-electron chi connectivity index (χ0n) is 9.81. The summed E-state index contributed by atoms with van der Waals surface area (Å²) in [6.45, 7) is 2.53. The number of benzene rings is 1. The Hall–Kier alpha value is -1.36. The number of phenols is 1. The Kier molecular flexibility index (Phi) is 2.95. The smallest absolute Gasteiger partial charge is 0.197 e. The summed E-state index contributed by atoms with van der Waals surface area (Å²) in [7, 11) is 1.24. The molecule has 0 aliphatic carbocycles. The van der Waals surface area contributed by atoms with E-state index in [0.717, 1.165) is 19.0 Å². The lowest BCUT2D eigenvalue weighted by Crippen LogP contribution is -2.34. The van der Waals surface area contributed by atoms with Gasteiger partial charge in [0.05, 0.1) is 12.7 Å². The molecule has 5 heteroatoms. The van der Waals surface area contributed by atoms with E-state index in [2.05, 4.69) is 5.32 Å². The first-order valence-electron chi connectivity index (χ1n) is 5.50. The summed E-state index contributed by atoms with van der Waals surface area (Å²) in [6.07, 6.45) is 1.57. The fourth-order valence-electron chi connectivity index (χ4n) is 2.42. The average molecular weight is 243 g/mol. The van der Waals surface area contributed by atoms with Crippen molar-refractivity contribution in [3.63, 3.8) is 0 Å². The lowest BCUT2D eigenvalue weighted by Gasteiger charge is -2.27. The van der Waals surface area contributed by atoms with E-state index in [1.165, 1.54) is 7.11 Å². The van der Waals surface area contributed by atoms with Gasteiger partial charge in [0.15, 0.2) is 17.3 Å². The van der Waals surface area contributed by atoms with Crippen LogP contribution >= 0.6 is 0 Å². The van der Waals surface area contributed by atoms with Crippen LogP contribution in [0.5, 0.6) is 11.5 Å². The molecule has 0 spiro atoms. The number of methoxy groups -OCH3 is 1. The third-order valence-corrected chi connectivity index (χ3v) is 3.29. The Morgan fingerprint density at radius 3 is 2.65 bits per heavy atom. The van der Waals surface area contributed by atoms with Crippen LogP contribution in [0, 0.1) is 11.6 Å². The van der Waals surface area contributed by atoms with Crippen LogP contribution in [-0.2, 0) is 5.54 Å². The minimum atomic E-state index is -0.896. The lowest BCUT2D eigenvalue weighted by molar-refractivity contribution is 0.323. The van der Waals surface area contributed by atoms with Crippen LogP contribution in [0.3, 0.4) is 0 Å². The van der Waals surface area contributed by atoms with Gasteiger partial charge in [-0.2, -0.15) is 0 Å². The van der Waals surface area contributed by atoms with E-state index < -0.39 is 22.9 Å². The summed E-state index contributed by atoms with van der Waals surface area (Å²) in [5.41, 5.74) is -0.594. The summed E-state index contributed by atoms with van der Waals surface area (Å²) < 4.78 is 31.9. The maximum absolute atomic E-state index is 13.8. The number of ether oxygens (including phenoxy) is 1. The van der Waals surface area contributed by atoms with Gasteiger partial charge in [0, 0.05) is 11.6 Å². The molecule has 0 bridgehead atoms. The Morgan fingerprint density at radius 2 is 2.12 bits per heavy atom. The van der Waals surface area contributed by atoms with Crippen molar-refractivity contribution in [3.8, 4) is 11.5 Å². The topological polar surface area (TPSA) is 41.5 Å². The molecule has 1 unspecified atom stereocenters. The minimum absolute atomic E-state index is 0.0771. The zero-order valence-corrected chi connectivity index (χ0v) is 9.81. The minimum Gasteiger partial charge on any atom is -0.504 e. The van der Waals surface area contributed by atoms with E-state index in [0.29, 0.717) is 6.42 Å². The van der Waals surface area contributed by atoms with E-state index in [1.807, 2.05) is 0 Å². The maximum Gasteiger partial charge on any atom is 0.197 e. The summed E-state index contributed by atoms with van der Waals surface area (Å²) >= 11 is 0. The highest BCUT2D eigenvalue weighted by Gasteiger charge is 2.37. The van der Waals surface area contributed by atoms with Crippen molar-refractivity contribution < 1.29 is 18.6 Å². The Morgan fingerprint density at radius 1 is 1.41 bits per heavy atom. The van der Waals surface area contributed by atoms with Gasteiger partial charge in [0.1, 0.15) is 5.82 Å². The molecule has 1 aliphatic heterocycles. The average Bonchev–Trinajstić information content (AvgIpc) is 2.65. The molecule has 1 aliphatic rings. The number of nitrogens with one attached hydrogen (secondary N) is 1. The maximum atomic E-state index is 13.8. The molecule has 1 aromatic rings. The number of halogens is 2. The van der Waals surface area contributed by atoms with Gasteiger partial charge in [-0.25, -0.2) is 8.78 Å². The first-order chi connectivity index (χ1) is 7.99. The number of aromatic hydroxyl groups is 1. The molecule has 2 rings (SSSR count). The van der Waals surface area contributed by atoms with Gasteiger partial charge in [0.2, 0.25) is 0 Å². The number of hydrogen-bond acceptors (Lipinski definition) is 3. The molecule has 1 aromatic carbocycles. The van der Waals surface area contributed by atoms with E-state index in [9.17, 15) is 13.9 Å². The van der Waals surface area contributed by atoms with Gasteiger partial charge in [0.25, 0.3) is 0 Å². The van der Waals surface area contributed by atoms with Crippen molar-refractivity contribution in [1.29, 1.82) is 0 Å². The molecule has 0 amide bonds. The number of phenolic OH excluding ortho intramolecular Hbond substituents is 1. The van der Waals surface area contributed by atoms with Crippen molar-refractivity contribution in [2.75, 3.05) is 13.7 Å². The molecule has 1 heterocycles. The van der Waals surface area contributed by atoms with Crippen molar-refractivity contribution in [1.82, 2.24) is 5.32 Å². The molecule has 0 saturated carbocycles. The first kappa shape index (κ1) is 12.1. The highest BCUT2D eigenvalue weighted by atomic mass is 19.1. The van der Waals surface area contributed by atoms with Gasteiger partial charge in [-0.05, 0) is 26.3 Å². The third kappa shape index (κ3) is 1.84. The second kappa shape index (κ2) is 4.14. The van der Waals surface area contributed by atoms with Crippen molar-refractivity contribution in [2.45, 2.75) is 25.3 Å². The molecule has 0 radical (unpaired) electrons. The van der Waals surface area contributed by atoms with Crippen molar-refractivity contribution in [3.05, 3.63) is 23.3 Å². The highest BCUT2D eigenvalue weighted by molar-refractivity contribution is 5.50. The van der Waals surface area contributed by atoms with E-state index in [-0.39, 0.29) is 11.3 Å². The van der Waals surface area contributed by atoms with Gasteiger partial charge >= 0.3 is 0 Å². The molecular formula is C12H15F2NO2. The van der Waals surface area contributed by atoms with Crippen LogP contribution in [-0.4, -0.2) is 18.8 Å². The third-order valence-electron chi connectivity index (χ3n) is 3.29. The fraction of sp³-hybridized carbons (Fsp3) is 0.500. The standard InChI is InChI=1S/C12H15F2NO2/c1-12(4-3-5-15-12)9-7(13)6-8(14)11(17-2)10(9)16/h6,15-16H,3-5H2,1-2H3. The first-order valence-corrected chi connectivity index (χ1v) is 5.50. The molecule has 3 nitrogen and oxygen atoms in total. The van der Waals surface area contributed by atoms with Gasteiger partial charge in [-0.1, -0.05) is 0 Å². The monoisotopic (exact) mass is 243 g/mol. The fourth-order valence-corrected chi connectivity index (χ4v) is 2.42. The Balaban J connectivity index is 2.60. The van der Waals surface area contributed by atoms with Crippen LogP contribution < -0.4 is 10.1 Å². The summed E-state index contributed by atoms with van der Waals surface area (Å²) in [6, 6.07) is 0.749. The molecule has 1 atom stereocenters. The van der Waals surface area contributed by atoms with Crippen LogP contribution in [0.4, 0.5) is 8.78 Å². The lowest BCUT2D eigenvalue weighted by atomic mass is 9.89. The van der Waals surface area contributed by atoms with Gasteiger partial charge in [-0.3, -0.25) is 0 Å². The van der Waals surface area contributed by atoms with Crippen molar-refractivity contribution >= 4 is 0 Å². The van der Waals surface area contributed by atoms with Crippen LogP contribution in [0.15, 0.2) is 6.07 Å².